The first kappa shape index (κ1) is 20.2. The second kappa shape index (κ2) is 8.32. The zero-order valence-corrected chi connectivity index (χ0v) is 17.6. The first-order chi connectivity index (χ1) is 14.5. The summed E-state index contributed by atoms with van der Waals surface area (Å²) in [6.45, 7) is 4.34. The Bertz CT molecular complexity index is 1120. The van der Waals surface area contributed by atoms with Gasteiger partial charge in [-0.15, -0.1) is 0 Å². The number of rotatable bonds is 4. The molecule has 1 aromatic heterocycles. The maximum absolute atomic E-state index is 13.1. The zero-order valence-electron chi connectivity index (χ0n) is 16.9. The van der Waals surface area contributed by atoms with Crippen LogP contribution in [0.2, 0.25) is 5.02 Å². The summed E-state index contributed by atoms with van der Waals surface area (Å²) in [4.78, 5) is 27.3. The van der Waals surface area contributed by atoms with E-state index in [0.717, 1.165) is 24.1 Å². The van der Waals surface area contributed by atoms with Gasteiger partial charge in [-0.3, -0.25) is 9.59 Å². The molecule has 6 nitrogen and oxygen atoms in total. The van der Waals surface area contributed by atoms with Crippen LogP contribution < -0.4 is 10.2 Å². The molecule has 0 bridgehead atoms. The number of hydrogen-bond donors (Lipinski definition) is 1. The molecule has 1 aliphatic rings. The maximum Gasteiger partial charge on any atom is 0.261 e. The van der Waals surface area contributed by atoms with Crippen LogP contribution in [0.3, 0.4) is 0 Å². The standard InChI is InChI=1S/C23H22ClN3O3/c1-14-10-11-16(13-19(14)27-12-6-5-9-20(27)28)25-23(29)21-15(2)30-26-22(21)17-7-3-4-8-18(17)24/h3-4,7-8,10-11,13H,5-6,9,12H2,1-2H3,(H,25,29). The molecule has 2 amide bonds. The molecule has 1 fully saturated rings. The first-order valence-electron chi connectivity index (χ1n) is 9.89. The molecule has 1 N–H and O–H groups in total. The summed E-state index contributed by atoms with van der Waals surface area (Å²) >= 11 is 6.29. The van der Waals surface area contributed by atoms with Crippen molar-refractivity contribution in [1.82, 2.24) is 5.16 Å². The van der Waals surface area contributed by atoms with Gasteiger partial charge in [0.05, 0.1) is 5.02 Å². The number of aromatic nitrogens is 1. The van der Waals surface area contributed by atoms with E-state index in [1.165, 1.54) is 0 Å². The summed E-state index contributed by atoms with van der Waals surface area (Å²) in [6, 6.07) is 12.7. The molecule has 0 unspecified atom stereocenters. The average Bonchev–Trinajstić information content (AvgIpc) is 3.11. The lowest BCUT2D eigenvalue weighted by atomic mass is 10.0. The van der Waals surface area contributed by atoms with Crippen molar-refractivity contribution in [3.63, 3.8) is 0 Å². The fourth-order valence-corrected chi connectivity index (χ4v) is 3.93. The van der Waals surface area contributed by atoms with Gasteiger partial charge in [0.15, 0.2) is 0 Å². The number of anilines is 2. The fraction of sp³-hybridized carbons (Fsp3) is 0.261. The number of hydrogen-bond acceptors (Lipinski definition) is 4. The Labute approximate surface area is 179 Å². The molecule has 0 spiro atoms. The van der Waals surface area contributed by atoms with Gasteiger partial charge in [0.25, 0.3) is 5.91 Å². The van der Waals surface area contributed by atoms with Crippen LogP contribution in [0.5, 0.6) is 0 Å². The summed E-state index contributed by atoms with van der Waals surface area (Å²) in [5.74, 6) is 0.174. The minimum Gasteiger partial charge on any atom is -0.360 e. The van der Waals surface area contributed by atoms with Crippen molar-refractivity contribution in [3.05, 3.63) is 64.4 Å². The molecule has 3 aromatic rings. The van der Waals surface area contributed by atoms with Crippen LogP contribution in [-0.4, -0.2) is 23.5 Å². The largest absolute Gasteiger partial charge is 0.360 e. The lowest BCUT2D eigenvalue weighted by Crippen LogP contribution is -2.35. The van der Waals surface area contributed by atoms with Crippen molar-refractivity contribution >= 4 is 34.8 Å². The molecule has 7 heteroatoms. The SMILES string of the molecule is Cc1ccc(NC(=O)c2c(-c3ccccc3Cl)noc2C)cc1N1CCCCC1=O. The third-order valence-electron chi connectivity index (χ3n) is 5.30. The van der Waals surface area contributed by atoms with E-state index >= 15 is 0 Å². The first-order valence-corrected chi connectivity index (χ1v) is 10.3. The highest BCUT2D eigenvalue weighted by atomic mass is 35.5. The number of aryl methyl sites for hydroxylation is 2. The minimum absolute atomic E-state index is 0.115. The molecule has 0 aliphatic carbocycles. The quantitative estimate of drug-likeness (QED) is 0.611. The number of amides is 2. The van der Waals surface area contributed by atoms with E-state index < -0.39 is 0 Å². The summed E-state index contributed by atoms with van der Waals surface area (Å²) in [5.41, 5.74) is 3.77. The number of halogens is 1. The number of carbonyl (C=O) groups is 2. The maximum atomic E-state index is 13.1. The van der Waals surface area contributed by atoms with Crippen LogP contribution in [0.15, 0.2) is 47.0 Å². The fourth-order valence-electron chi connectivity index (χ4n) is 3.71. The van der Waals surface area contributed by atoms with Crippen LogP contribution in [-0.2, 0) is 4.79 Å². The van der Waals surface area contributed by atoms with Crippen molar-refractivity contribution in [2.75, 3.05) is 16.8 Å². The van der Waals surface area contributed by atoms with E-state index in [2.05, 4.69) is 10.5 Å². The zero-order chi connectivity index (χ0) is 21.3. The smallest absolute Gasteiger partial charge is 0.261 e. The van der Waals surface area contributed by atoms with Crippen LogP contribution in [0.4, 0.5) is 11.4 Å². The normalized spacial score (nSPS) is 14.1. The van der Waals surface area contributed by atoms with E-state index in [0.29, 0.717) is 46.3 Å². The molecular weight excluding hydrogens is 402 g/mol. The topological polar surface area (TPSA) is 75.4 Å². The molecule has 30 heavy (non-hydrogen) atoms. The van der Waals surface area contributed by atoms with E-state index in [1.54, 1.807) is 24.0 Å². The molecule has 2 aromatic carbocycles. The van der Waals surface area contributed by atoms with Crippen molar-refractivity contribution in [2.45, 2.75) is 33.1 Å². The van der Waals surface area contributed by atoms with Crippen LogP contribution in [0.25, 0.3) is 11.3 Å². The van der Waals surface area contributed by atoms with Gasteiger partial charge >= 0.3 is 0 Å². The molecular formula is C23H22ClN3O3. The third kappa shape index (κ3) is 3.83. The van der Waals surface area contributed by atoms with Crippen molar-refractivity contribution < 1.29 is 14.1 Å². The number of nitrogens with zero attached hydrogens (tertiary/aromatic N) is 2. The minimum atomic E-state index is -0.344. The summed E-state index contributed by atoms with van der Waals surface area (Å²) < 4.78 is 5.29. The van der Waals surface area contributed by atoms with E-state index in [9.17, 15) is 9.59 Å². The van der Waals surface area contributed by atoms with Crippen molar-refractivity contribution in [2.24, 2.45) is 0 Å². The summed E-state index contributed by atoms with van der Waals surface area (Å²) in [5, 5.41) is 7.45. The van der Waals surface area contributed by atoms with Gasteiger partial charge in [-0.25, -0.2) is 0 Å². The molecule has 0 radical (unpaired) electrons. The highest BCUT2D eigenvalue weighted by molar-refractivity contribution is 6.33. The van der Waals surface area contributed by atoms with Crippen LogP contribution in [0, 0.1) is 13.8 Å². The van der Waals surface area contributed by atoms with E-state index in [-0.39, 0.29) is 11.8 Å². The number of nitrogens with one attached hydrogen (secondary N) is 1. The second-order valence-electron chi connectivity index (χ2n) is 7.40. The van der Waals surface area contributed by atoms with Gasteiger partial charge < -0.3 is 14.7 Å². The Balaban J connectivity index is 1.64. The Morgan fingerprint density at radius 3 is 2.73 bits per heavy atom. The van der Waals surface area contributed by atoms with Gasteiger partial charge in [-0.1, -0.05) is 41.0 Å². The number of carbonyl (C=O) groups excluding carboxylic acids is 2. The number of benzene rings is 2. The highest BCUT2D eigenvalue weighted by Gasteiger charge is 2.24. The van der Waals surface area contributed by atoms with E-state index in [1.807, 2.05) is 37.3 Å². The lowest BCUT2D eigenvalue weighted by Gasteiger charge is -2.28. The summed E-state index contributed by atoms with van der Waals surface area (Å²) in [6.07, 6.45) is 2.45. The molecule has 1 saturated heterocycles. The number of piperidine rings is 1. The predicted molar refractivity (Wildman–Crippen MR) is 117 cm³/mol. The highest BCUT2D eigenvalue weighted by Crippen LogP contribution is 2.32. The van der Waals surface area contributed by atoms with Gasteiger partial charge in [-0.2, -0.15) is 0 Å². The average molecular weight is 424 g/mol. The molecule has 154 valence electrons. The predicted octanol–water partition coefficient (Wildman–Crippen LogP) is 5.38. The molecule has 1 aliphatic heterocycles. The molecule has 0 atom stereocenters. The Hall–Kier alpha value is -3.12. The van der Waals surface area contributed by atoms with Crippen LogP contribution >= 0.6 is 11.6 Å². The summed E-state index contributed by atoms with van der Waals surface area (Å²) in [7, 11) is 0. The van der Waals surface area contributed by atoms with Gasteiger partial charge in [0.2, 0.25) is 5.91 Å². The second-order valence-corrected chi connectivity index (χ2v) is 7.81. The lowest BCUT2D eigenvalue weighted by molar-refractivity contribution is -0.119. The molecule has 2 heterocycles. The van der Waals surface area contributed by atoms with Gasteiger partial charge in [-0.05, 0) is 50.5 Å². The third-order valence-corrected chi connectivity index (χ3v) is 5.63. The Morgan fingerprint density at radius 1 is 1.17 bits per heavy atom. The van der Waals surface area contributed by atoms with Gasteiger partial charge in [0, 0.05) is 29.9 Å². The van der Waals surface area contributed by atoms with Crippen molar-refractivity contribution in [3.8, 4) is 11.3 Å². The van der Waals surface area contributed by atoms with Crippen molar-refractivity contribution in [1.29, 1.82) is 0 Å². The Kier molecular flexibility index (Phi) is 5.59. The van der Waals surface area contributed by atoms with Gasteiger partial charge in [0.1, 0.15) is 17.0 Å². The molecule has 4 rings (SSSR count). The van der Waals surface area contributed by atoms with Crippen LogP contribution in [0.1, 0.15) is 40.9 Å². The van der Waals surface area contributed by atoms with E-state index in [4.69, 9.17) is 16.1 Å². The Morgan fingerprint density at radius 2 is 1.97 bits per heavy atom. The monoisotopic (exact) mass is 423 g/mol. The molecule has 0 saturated carbocycles.